The summed E-state index contributed by atoms with van der Waals surface area (Å²) in [6.07, 6.45) is 12.7. The van der Waals surface area contributed by atoms with Gasteiger partial charge in [-0.25, -0.2) is 0 Å². The maximum Gasteiger partial charge on any atom is 0.309 e. The summed E-state index contributed by atoms with van der Waals surface area (Å²) < 4.78 is 0. The van der Waals surface area contributed by atoms with Crippen LogP contribution in [0.25, 0.3) is 0 Å². The Balaban J connectivity index is 1.74. The van der Waals surface area contributed by atoms with Crippen molar-refractivity contribution in [1.29, 1.82) is 0 Å². The summed E-state index contributed by atoms with van der Waals surface area (Å²) in [5.41, 5.74) is 0.961. The zero-order valence-corrected chi connectivity index (χ0v) is 14.6. The van der Waals surface area contributed by atoms with E-state index < -0.39 is 11.4 Å². The van der Waals surface area contributed by atoms with Gasteiger partial charge in [0.25, 0.3) is 0 Å². The zero-order chi connectivity index (χ0) is 15.8. The molecule has 124 valence electrons. The maximum absolute atomic E-state index is 12.0. The van der Waals surface area contributed by atoms with Gasteiger partial charge < -0.3 is 5.11 Å². The quantitative estimate of drug-likeness (QED) is 0.717. The van der Waals surface area contributed by atoms with Crippen molar-refractivity contribution in [3.05, 3.63) is 0 Å². The van der Waals surface area contributed by atoms with Crippen LogP contribution in [0.15, 0.2) is 0 Å². The standard InChI is InChI=1S/C20H32O2/c1-17-9-5-15-18(2)7-4-8-19(3,16(21)22)14(18)6-10-20(15,13-17)12-11-17/h14-15H,4-13H2,1-3H3,(H,21,22). The highest BCUT2D eigenvalue weighted by Crippen LogP contribution is 2.73. The lowest BCUT2D eigenvalue weighted by molar-refractivity contribution is -0.182. The van der Waals surface area contributed by atoms with E-state index in [-0.39, 0.29) is 5.41 Å². The minimum Gasteiger partial charge on any atom is -0.481 e. The first-order valence-corrected chi connectivity index (χ1v) is 9.48. The summed E-state index contributed by atoms with van der Waals surface area (Å²) >= 11 is 0. The molecule has 2 heteroatoms. The van der Waals surface area contributed by atoms with Gasteiger partial charge in [-0.2, -0.15) is 0 Å². The Bertz CT molecular complexity index is 514. The Hall–Kier alpha value is -0.530. The van der Waals surface area contributed by atoms with Crippen LogP contribution in [0.2, 0.25) is 0 Å². The Labute approximate surface area is 135 Å². The van der Waals surface area contributed by atoms with E-state index in [1.807, 2.05) is 0 Å². The topological polar surface area (TPSA) is 37.3 Å². The zero-order valence-electron chi connectivity index (χ0n) is 14.6. The summed E-state index contributed by atoms with van der Waals surface area (Å²) in [6, 6.07) is 0. The molecule has 0 radical (unpaired) electrons. The van der Waals surface area contributed by atoms with Gasteiger partial charge in [-0.15, -0.1) is 0 Å². The molecule has 0 saturated heterocycles. The molecule has 4 rings (SSSR count). The molecule has 2 nitrogen and oxygen atoms in total. The fourth-order valence-corrected chi connectivity index (χ4v) is 7.97. The molecule has 0 amide bonds. The van der Waals surface area contributed by atoms with E-state index in [4.69, 9.17) is 0 Å². The number of aliphatic carboxylic acids is 1. The van der Waals surface area contributed by atoms with E-state index >= 15 is 0 Å². The first-order valence-electron chi connectivity index (χ1n) is 9.48. The number of hydrogen-bond acceptors (Lipinski definition) is 1. The summed E-state index contributed by atoms with van der Waals surface area (Å²) in [4.78, 5) is 12.0. The molecular weight excluding hydrogens is 272 g/mol. The number of carboxylic acids is 1. The molecule has 2 bridgehead atoms. The molecular formula is C20H32O2. The van der Waals surface area contributed by atoms with Gasteiger partial charge in [0.05, 0.1) is 5.41 Å². The first-order chi connectivity index (χ1) is 10.2. The van der Waals surface area contributed by atoms with Crippen LogP contribution in [0.3, 0.4) is 0 Å². The molecule has 0 aliphatic heterocycles. The van der Waals surface area contributed by atoms with Crippen molar-refractivity contribution >= 4 is 5.97 Å². The van der Waals surface area contributed by atoms with Crippen molar-refractivity contribution in [2.24, 2.45) is 33.5 Å². The minimum absolute atomic E-state index is 0.273. The number of rotatable bonds is 1. The van der Waals surface area contributed by atoms with Gasteiger partial charge in [-0.05, 0) is 92.8 Å². The molecule has 0 heterocycles. The second kappa shape index (κ2) is 4.30. The number of carboxylic acid groups (broad SMARTS) is 1. The van der Waals surface area contributed by atoms with E-state index in [0.29, 0.717) is 16.7 Å². The fourth-order valence-electron chi connectivity index (χ4n) is 7.97. The number of fused-ring (bicyclic) bond motifs is 3. The second-order valence-corrected chi connectivity index (χ2v) is 10.1. The van der Waals surface area contributed by atoms with Crippen LogP contribution in [0.5, 0.6) is 0 Å². The third-order valence-electron chi connectivity index (χ3n) is 8.97. The number of carbonyl (C=O) groups is 1. The van der Waals surface area contributed by atoms with E-state index in [9.17, 15) is 9.90 Å². The third kappa shape index (κ3) is 1.70. The highest BCUT2D eigenvalue weighted by Gasteiger charge is 2.66. The van der Waals surface area contributed by atoms with Crippen molar-refractivity contribution in [2.75, 3.05) is 0 Å². The number of hydrogen-bond donors (Lipinski definition) is 1. The van der Waals surface area contributed by atoms with Gasteiger partial charge in [0.15, 0.2) is 0 Å². The Morgan fingerprint density at radius 1 is 0.909 bits per heavy atom. The average Bonchev–Trinajstić information content (AvgIpc) is 2.68. The smallest absolute Gasteiger partial charge is 0.309 e. The van der Waals surface area contributed by atoms with Gasteiger partial charge in [-0.1, -0.05) is 20.3 Å². The van der Waals surface area contributed by atoms with Crippen molar-refractivity contribution < 1.29 is 9.90 Å². The minimum atomic E-state index is -0.536. The van der Waals surface area contributed by atoms with Gasteiger partial charge >= 0.3 is 5.97 Å². The predicted molar refractivity (Wildman–Crippen MR) is 87.5 cm³/mol. The van der Waals surface area contributed by atoms with Crippen molar-refractivity contribution in [2.45, 2.75) is 85.0 Å². The van der Waals surface area contributed by atoms with E-state index in [2.05, 4.69) is 20.8 Å². The molecule has 4 aliphatic rings. The molecule has 4 saturated carbocycles. The highest BCUT2D eigenvalue weighted by molar-refractivity contribution is 5.75. The van der Waals surface area contributed by atoms with Crippen LogP contribution in [0.1, 0.15) is 85.0 Å². The summed E-state index contributed by atoms with van der Waals surface area (Å²) in [7, 11) is 0. The molecule has 1 spiro atoms. The SMILES string of the molecule is CC12CCC3C(CCC4C(C)(C(=O)O)CCCC34C)(CC1)C2. The molecule has 4 aliphatic carbocycles. The van der Waals surface area contributed by atoms with Crippen LogP contribution in [0.4, 0.5) is 0 Å². The fraction of sp³-hybridized carbons (Fsp3) is 0.950. The predicted octanol–water partition coefficient (Wildman–Crippen LogP) is 5.26. The summed E-state index contributed by atoms with van der Waals surface area (Å²) in [5, 5.41) is 9.92. The van der Waals surface area contributed by atoms with Crippen LogP contribution >= 0.6 is 0 Å². The molecule has 0 aromatic heterocycles. The van der Waals surface area contributed by atoms with Gasteiger partial charge in [0, 0.05) is 0 Å². The van der Waals surface area contributed by atoms with Crippen molar-refractivity contribution in [1.82, 2.24) is 0 Å². The molecule has 22 heavy (non-hydrogen) atoms. The summed E-state index contributed by atoms with van der Waals surface area (Å²) in [5.74, 6) is 0.645. The largest absolute Gasteiger partial charge is 0.481 e. The molecule has 6 unspecified atom stereocenters. The maximum atomic E-state index is 12.0. The Morgan fingerprint density at radius 3 is 2.36 bits per heavy atom. The Kier molecular flexibility index (Phi) is 2.94. The first kappa shape index (κ1) is 15.0. The lowest BCUT2D eigenvalue weighted by Gasteiger charge is -2.64. The summed E-state index contributed by atoms with van der Waals surface area (Å²) in [6.45, 7) is 7.04. The van der Waals surface area contributed by atoms with Crippen LogP contribution in [0, 0.1) is 33.5 Å². The normalized spacial score (nSPS) is 57.0. The lowest BCUT2D eigenvalue weighted by Crippen LogP contribution is -2.58. The van der Waals surface area contributed by atoms with Crippen molar-refractivity contribution in [3.63, 3.8) is 0 Å². The van der Waals surface area contributed by atoms with Gasteiger partial charge in [0.1, 0.15) is 0 Å². The van der Waals surface area contributed by atoms with Gasteiger partial charge in [-0.3, -0.25) is 4.79 Å². The molecule has 4 fully saturated rings. The average molecular weight is 304 g/mol. The second-order valence-electron chi connectivity index (χ2n) is 10.1. The highest BCUT2D eigenvalue weighted by atomic mass is 16.4. The van der Waals surface area contributed by atoms with Crippen LogP contribution < -0.4 is 0 Å². The van der Waals surface area contributed by atoms with Gasteiger partial charge in [0.2, 0.25) is 0 Å². The van der Waals surface area contributed by atoms with E-state index in [1.165, 1.54) is 44.9 Å². The molecule has 1 N–H and O–H groups in total. The molecule has 6 atom stereocenters. The molecule has 0 aromatic rings. The third-order valence-corrected chi connectivity index (χ3v) is 8.97. The van der Waals surface area contributed by atoms with E-state index in [1.54, 1.807) is 0 Å². The molecule has 0 aromatic carbocycles. The Morgan fingerprint density at radius 2 is 1.64 bits per heavy atom. The van der Waals surface area contributed by atoms with Crippen molar-refractivity contribution in [3.8, 4) is 0 Å². The lowest BCUT2D eigenvalue weighted by atomic mass is 9.40. The van der Waals surface area contributed by atoms with Crippen LogP contribution in [-0.2, 0) is 4.79 Å². The van der Waals surface area contributed by atoms with Crippen LogP contribution in [-0.4, -0.2) is 11.1 Å². The van der Waals surface area contributed by atoms with E-state index in [0.717, 1.165) is 25.2 Å². The monoisotopic (exact) mass is 304 g/mol.